The van der Waals surface area contributed by atoms with Gasteiger partial charge in [0.2, 0.25) is 0 Å². The second-order valence-electron chi connectivity index (χ2n) is 5.49. The largest absolute Gasteiger partial charge is 0.399 e. The van der Waals surface area contributed by atoms with Crippen LogP contribution in [0.1, 0.15) is 10.4 Å². The van der Waals surface area contributed by atoms with Crippen molar-refractivity contribution in [2.45, 2.75) is 0 Å². The van der Waals surface area contributed by atoms with Gasteiger partial charge >= 0.3 is 0 Å². The van der Waals surface area contributed by atoms with E-state index in [0.717, 1.165) is 24.5 Å². The van der Waals surface area contributed by atoms with Crippen molar-refractivity contribution in [3.8, 4) is 0 Å². The van der Waals surface area contributed by atoms with Gasteiger partial charge in [-0.25, -0.2) is 0 Å². The van der Waals surface area contributed by atoms with Gasteiger partial charge < -0.3 is 21.3 Å². The van der Waals surface area contributed by atoms with Gasteiger partial charge in [0, 0.05) is 48.8 Å². The fraction of sp³-hybridized carbons (Fsp3) is 0.235. The molecule has 1 aliphatic rings. The fourth-order valence-electron chi connectivity index (χ4n) is 2.66. The number of carbonyl (C=O) groups excluding carboxylic acids is 1. The Labute approximate surface area is 130 Å². The number of hydrogen-bond donors (Lipinski definition) is 2. The highest BCUT2D eigenvalue weighted by Crippen LogP contribution is 2.19. The molecule has 1 aliphatic heterocycles. The number of benzene rings is 2. The average molecular weight is 296 g/mol. The minimum absolute atomic E-state index is 0.0666. The van der Waals surface area contributed by atoms with Crippen molar-refractivity contribution in [1.82, 2.24) is 4.90 Å². The molecule has 0 unspecified atom stereocenters. The zero-order valence-corrected chi connectivity index (χ0v) is 12.4. The Hall–Kier alpha value is -2.69. The van der Waals surface area contributed by atoms with Crippen LogP contribution in [0.25, 0.3) is 0 Å². The molecule has 0 radical (unpaired) electrons. The summed E-state index contributed by atoms with van der Waals surface area (Å²) < 4.78 is 0. The zero-order valence-electron chi connectivity index (χ0n) is 12.4. The average Bonchev–Trinajstić information content (AvgIpc) is 2.56. The molecule has 2 aromatic carbocycles. The Balaban J connectivity index is 1.62. The lowest BCUT2D eigenvalue weighted by Crippen LogP contribution is -2.48. The van der Waals surface area contributed by atoms with Gasteiger partial charge in [-0.1, -0.05) is 0 Å². The van der Waals surface area contributed by atoms with E-state index < -0.39 is 0 Å². The summed E-state index contributed by atoms with van der Waals surface area (Å²) in [6.07, 6.45) is 0. The molecule has 5 heteroatoms. The molecular weight excluding hydrogens is 276 g/mol. The van der Waals surface area contributed by atoms with Crippen LogP contribution in [0.4, 0.5) is 17.1 Å². The number of carbonyl (C=O) groups is 1. The number of anilines is 3. The van der Waals surface area contributed by atoms with Gasteiger partial charge in [-0.15, -0.1) is 0 Å². The minimum atomic E-state index is 0.0666. The van der Waals surface area contributed by atoms with Crippen LogP contribution < -0.4 is 16.4 Å². The van der Waals surface area contributed by atoms with E-state index in [9.17, 15) is 4.79 Å². The van der Waals surface area contributed by atoms with Crippen molar-refractivity contribution in [3.05, 3.63) is 54.1 Å². The third-order valence-corrected chi connectivity index (χ3v) is 3.98. The van der Waals surface area contributed by atoms with Gasteiger partial charge in [0.1, 0.15) is 0 Å². The molecule has 0 aliphatic carbocycles. The molecule has 3 rings (SSSR count). The van der Waals surface area contributed by atoms with E-state index in [1.165, 1.54) is 0 Å². The standard InChI is InChI=1S/C17H20N4O/c18-14-3-1-13(2-4-14)17(22)21-11-9-20(10-12-21)16-7-5-15(19)6-8-16/h1-8H,9-12,18-19H2. The van der Waals surface area contributed by atoms with Crippen molar-refractivity contribution in [1.29, 1.82) is 0 Å². The summed E-state index contributed by atoms with van der Waals surface area (Å²) in [4.78, 5) is 16.6. The second kappa shape index (κ2) is 5.97. The Kier molecular flexibility index (Phi) is 3.87. The fourth-order valence-corrected chi connectivity index (χ4v) is 2.66. The van der Waals surface area contributed by atoms with Crippen molar-refractivity contribution >= 4 is 23.0 Å². The topological polar surface area (TPSA) is 75.6 Å². The molecular formula is C17H20N4O. The Bertz CT molecular complexity index is 643. The molecule has 0 atom stereocenters. The molecule has 0 saturated carbocycles. The quantitative estimate of drug-likeness (QED) is 0.829. The molecule has 5 nitrogen and oxygen atoms in total. The summed E-state index contributed by atoms with van der Waals surface area (Å²) in [5.74, 6) is 0.0666. The van der Waals surface area contributed by atoms with Gasteiger partial charge in [0.25, 0.3) is 5.91 Å². The van der Waals surface area contributed by atoms with Crippen LogP contribution in [0.3, 0.4) is 0 Å². The van der Waals surface area contributed by atoms with E-state index in [1.807, 2.05) is 29.2 Å². The molecule has 0 bridgehead atoms. The molecule has 2 aromatic rings. The molecule has 0 spiro atoms. The predicted octanol–water partition coefficient (Wildman–Crippen LogP) is 1.81. The molecule has 1 amide bonds. The summed E-state index contributed by atoms with van der Waals surface area (Å²) in [7, 11) is 0. The van der Waals surface area contributed by atoms with Crippen molar-refractivity contribution in [2.75, 3.05) is 42.5 Å². The van der Waals surface area contributed by atoms with Gasteiger partial charge in [-0.05, 0) is 48.5 Å². The maximum Gasteiger partial charge on any atom is 0.253 e. The van der Waals surface area contributed by atoms with Crippen LogP contribution in [0.2, 0.25) is 0 Å². The smallest absolute Gasteiger partial charge is 0.253 e. The number of nitrogen functional groups attached to an aromatic ring is 2. The van der Waals surface area contributed by atoms with E-state index in [1.54, 1.807) is 24.3 Å². The predicted molar refractivity (Wildman–Crippen MR) is 89.8 cm³/mol. The van der Waals surface area contributed by atoms with E-state index in [4.69, 9.17) is 11.5 Å². The first kappa shape index (κ1) is 14.3. The third kappa shape index (κ3) is 2.98. The van der Waals surface area contributed by atoms with Crippen LogP contribution in [-0.2, 0) is 0 Å². The van der Waals surface area contributed by atoms with Crippen molar-refractivity contribution < 1.29 is 4.79 Å². The van der Waals surface area contributed by atoms with Gasteiger partial charge in [0.15, 0.2) is 0 Å². The van der Waals surface area contributed by atoms with Crippen LogP contribution >= 0.6 is 0 Å². The second-order valence-corrected chi connectivity index (χ2v) is 5.49. The number of piperazine rings is 1. The van der Waals surface area contributed by atoms with Gasteiger partial charge in [-0.2, -0.15) is 0 Å². The number of amides is 1. The number of nitrogens with zero attached hydrogens (tertiary/aromatic N) is 2. The third-order valence-electron chi connectivity index (χ3n) is 3.98. The van der Waals surface area contributed by atoms with Crippen LogP contribution in [0, 0.1) is 0 Å². The Morgan fingerprint density at radius 3 is 1.82 bits per heavy atom. The molecule has 1 saturated heterocycles. The first-order valence-electron chi connectivity index (χ1n) is 7.39. The van der Waals surface area contributed by atoms with E-state index in [-0.39, 0.29) is 5.91 Å². The Morgan fingerprint density at radius 2 is 1.27 bits per heavy atom. The lowest BCUT2D eigenvalue weighted by atomic mass is 10.1. The normalized spacial score (nSPS) is 14.9. The van der Waals surface area contributed by atoms with Crippen LogP contribution in [0.15, 0.2) is 48.5 Å². The molecule has 1 heterocycles. The lowest BCUT2D eigenvalue weighted by molar-refractivity contribution is 0.0747. The Morgan fingerprint density at radius 1 is 0.773 bits per heavy atom. The van der Waals surface area contributed by atoms with Crippen molar-refractivity contribution in [2.24, 2.45) is 0 Å². The van der Waals surface area contributed by atoms with Gasteiger partial charge in [0.05, 0.1) is 0 Å². The summed E-state index contributed by atoms with van der Waals surface area (Å²) >= 11 is 0. The number of hydrogen-bond acceptors (Lipinski definition) is 4. The van der Waals surface area contributed by atoms with E-state index in [2.05, 4.69) is 4.90 Å². The highest BCUT2D eigenvalue weighted by molar-refractivity contribution is 5.94. The summed E-state index contributed by atoms with van der Waals surface area (Å²) in [5.41, 5.74) is 14.6. The summed E-state index contributed by atoms with van der Waals surface area (Å²) in [5, 5.41) is 0. The van der Waals surface area contributed by atoms with Crippen LogP contribution in [0.5, 0.6) is 0 Å². The number of rotatable bonds is 2. The molecule has 0 aromatic heterocycles. The highest BCUT2D eigenvalue weighted by atomic mass is 16.2. The van der Waals surface area contributed by atoms with E-state index >= 15 is 0 Å². The molecule has 1 fully saturated rings. The minimum Gasteiger partial charge on any atom is -0.399 e. The maximum atomic E-state index is 12.4. The van der Waals surface area contributed by atoms with Crippen molar-refractivity contribution in [3.63, 3.8) is 0 Å². The first-order chi connectivity index (χ1) is 10.6. The monoisotopic (exact) mass is 296 g/mol. The number of nitrogens with two attached hydrogens (primary N) is 2. The molecule has 114 valence electrons. The molecule has 22 heavy (non-hydrogen) atoms. The van der Waals surface area contributed by atoms with Crippen LogP contribution in [-0.4, -0.2) is 37.0 Å². The maximum absolute atomic E-state index is 12.4. The molecule has 4 N–H and O–H groups in total. The van der Waals surface area contributed by atoms with Gasteiger partial charge in [-0.3, -0.25) is 4.79 Å². The highest BCUT2D eigenvalue weighted by Gasteiger charge is 2.22. The summed E-state index contributed by atoms with van der Waals surface area (Å²) in [6.45, 7) is 3.08. The lowest BCUT2D eigenvalue weighted by Gasteiger charge is -2.36. The van der Waals surface area contributed by atoms with E-state index in [0.29, 0.717) is 24.3 Å². The summed E-state index contributed by atoms with van der Waals surface area (Å²) in [6, 6.07) is 14.9. The first-order valence-corrected chi connectivity index (χ1v) is 7.39. The SMILES string of the molecule is Nc1ccc(C(=O)N2CCN(c3ccc(N)cc3)CC2)cc1. The zero-order chi connectivity index (χ0) is 15.5.